The zero-order chi connectivity index (χ0) is 15.3. The van der Waals surface area contributed by atoms with Gasteiger partial charge in [-0.3, -0.25) is 4.79 Å². The summed E-state index contributed by atoms with van der Waals surface area (Å²) in [6.07, 6.45) is 1.71. The fourth-order valence-electron chi connectivity index (χ4n) is 1.41. The van der Waals surface area contributed by atoms with Crippen molar-refractivity contribution in [2.24, 2.45) is 4.40 Å². The summed E-state index contributed by atoms with van der Waals surface area (Å²) in [6.45, 7) is 5.55. The second kappa shape index (κ2) is 7.15. The summed E-state index contributed by atoms with van der Waals surface area (Å²) >= 11 is 2.44. The van der Waals surface area contributed by atoms with E-state index in [1.807, 2.05) is 20.8 Å². The first kappa shape index (κ1) is 17.1. The second-order valence-electron chi connectivity index (χ2n) is 5.23. The summed E-state index contributed by atoms with van der Waals surface area (Å²) in [5.41, 5.74) is 1.49. The van der Waals surface area contributed by atoms with Gasteiger partial charge in [0.2, 0.25) is 0 Å². The Hall–Kier alpha value is -0.980. The predicted molar refractivity (Wildman–Crippen MR) is 86.2 cm³/mol. The maximum Gasteiger partial charge on any atom is 0.190 e. The van der Waals surface area contributed by atoms with Crippen molar-refractivity contribution in [3.05, 3.63) is 29.3 Å². The molecule has 1 atom stereocenters. The molecular weight excluding hydrogens is 294 g/mol. The molecule has 4 nitrogen and oxygen atoms in total. The quantitative estimate of drug-likeness (QED) is 0.516. The van der Waals surface area contributed by atoms with Gasteiger partial charge in [-0.25, -0.2) is 0 Å². The number of hydrogen-bond acceptors (Lipinski definition) is 4. The van der Waals surface area contributed by atoms with Gasteiger partial charge in [0.15, 0.2) is 5.12 Å². The van der Waals surface area contributed by atoms with Crippen LogP contribution >= 0.6 is 12.6 Å². The molecule has 0 spiro atoms. The Kier molecular flexibility index (Phi) is 6.10. The Morgan fingerprint density at radius 3 is 2.65 bits per heavy atom. The van der Waals surface area contributed by atoms with Gasteiger partial charge >= 0.3 is 0 Å². The Balaban J connectivity index is 3.07. The number of thiol groups is 1. The largest absolute Gasteiger partial charge is 0.591 e. The Labute approximate surface area is 128 Å². The van der Waals surface area contributed by atoms with Crippen LogP contribution in [0.4, 0.5) is 0 Å². The summed E-state index contributed by atoms with van der Waals surface area (Å²) in [5.74, 6) is 0.656. The van der Waals surface area contributed by atoms with E-state index in [2.05, 4.69) is 17.0 Å². The summed E-state index contributed by atoms with van der Waals surface area (Å²) in [7, 11) is 1.56. The van der Waals surface area contributed by atoms with Crippen LogP contribution in [0.15, 0.2) is 22.6 Å². The third-order valence-corrected chi connectivity index (χ3v) is 4.01. The summed E-state index contributed by atoms with van der Waals surface area (Å²) in [5, 5.41) is -0.234. The van der Waals surface area contributed by atoms with Crippen molar-refractivity contribution in [2.45, 2.75) is 31.9 Å². The lowest BCUT2D eigenvalue weighted by atomic mass is 10.1. The average molecular weight is 313 g/mol. The number of benzene rings is 1. The minimum absolute atomic E-state index is 0.191. The van der Waals surface area contributed by atoms with E-state index in [1.165, 1.54) is 6.21 Å². The van der Waals surface area contributed by atoms with E-state index in [0.717, 1.165) is 5.56 Å². The van der Waals surface area contributed by atoms with Crippen LogP contribution in [-0.2, 0) is 22.6 Å². The topological polar surface area (TPSA) is 61.7 Å². The van der Waals surface area contributed by atoms with Crippen molar-refractivity contribution < 1.29 is 14.1 Å². The van der Waals surface area contributed by atoms with Crippen molar-refractivity contribution in [1.82, 2.24) is 0 Å². The average Bonchev–Trinajstić information content (AvgIpc) is 2.35. The fraction of sp³-hybridized carbons (Fsp3) is 0.429. The highest BCUT2D eigenvalue weighted by Crippen LogP contribution is 2.20. The summed E-state index contributed by atoms with van der Waals surface area (Å²) in [6, 6.07) is 5.31. The molecule has 0 N–H and O–H groups in total. The van der Waals surface area contributed by atoms with Gasteiger partial charge in [-0.2, -0.15) is 0 Å². The van der Waals surface area contributed by atoms with Gasteiger partial charge in [-0.05, 0) is 38.5 Å². The van der Waals surface area contributed by atoms with Gasteiger partial charge in [-0.1, -0.05) is 10.5 Å². The summed E-state index contributed by atoms with van der Waals surface area (Å²) < 4.78 is 20.7. The predicted octanol–water partition coefficient (Wildman–Crippen LogP) is 2.58. The first-order valence-electron chi connectivity index (χ1n) is 6.09. The van der Waals surface area contributed by atoms with Crippen LogP contribution in [-0.4, -0.2) is 27.7 Å². The van der Waals surface area contributed by atoms with Gasteiger partial charge in [0.05, 0.1) is 13.3 Å². The van der Waals surface area contributed by atoms with Gasteiger partial charge in [0.25, 0.3) is 0 Å². The molecular formula is C14H19NO3S2. The smallest absolute Gasteiger partial charge is 0.190 e. The normalized spacial score (nSPS) is 13.5. The van der Waals surface area contributed by atoms with E-state index in [0.29, 0.717) is 11.3 Å². The molecule has 0 saturated heterocycles. The first-order valence-corrected chi connectivity index (χ1v) is 7.64. The Morgan fingerprint density at radius 2 is 2.15 bits per heavy atom. The van der Waals surface area contributed by atoms with E-state index < -0.39 is 16.1 Å². The number of nitrogens with zero attached hydrogens (tertiary/aromatic N) is 1. The van der Waals surface area contributed by atoms with Gasteiger partial charge in [-0.15, -0.1) is 12.6 Å². The van der Waals surface area contributed by atoms with E-state index in [1.54, 1.807) is 25.3 Å². The van der Waals surface area contributed by atoms with Crippen molar-refractivity contribution >= 4 is 35.3 Å². The molecule has 0 aliphatic carbocycles. The maximum atomic E-state index is 11.9. The Morgan fingerprint density at radius 1 is 1.50 bits per heavy atom. The van der Waals surface area contributed by atoms with Crippen molar-refractivity contribution in [1.29, 1.82) is 0 Å². The number of ether oxygens (including phenoxy) is 1. The molecule has 1 rings (SSSR count). The molecule has 0 bridgehead atoms. The molecule has 1 aromatic carbocycles. The highest BCUT2D eigenvalue weighted by Gasteiger charge is 2.25. The van der Waals surface area contributed by atoms with Gasteiger partial charge in [0, 0.05) is 12.0 Å². The zero-order valence-electron chi connectivity index (χ0n) is 12.0. The molecule has 110 valence electrons. The molecule has 0 heterocycles. The fourth-order valence-corrected chi connectivity index (χ4v) is 2.10. The molecule has 0 saturated carbocycles. The number of rotatable bonds is 5. The van der Waals surface area contributed by atoms with Crippen LogP contribution in [0.25, 0.3) is 0 Å². The molecule has 20 heavy (non-hydrogen) atoms. The second-order valence-corrected chi connectivity index (χ2v) is 7.66. The maximum absolute atomic E-state index is 11.9. The van der Waals surface area contributed by atoms with E-state index >= 15 is 0 Å². The van der Waals surface area contributed by atoms with Crippen LogP contribution in [0, 0.1) is 0 Å². The standard InChI is InChI=1S/C14H19NO3S2/c1-14(2,3)20(17)15-9-11-7-12(18-4)6-5-10(11)8-13(16)19/h5-7,9H,8H2,1-4H3,(H,16,19)/b15-9-. The molecule has 1 aromatic rings. The minimum atomic E-state index is -1.34. The van der Waals surface area contributed by atoms with Crippen molar-refractivity contribution in [3.63, 3.8) is 0 Å². The highest BCUT2D eigenvalue weighted by atomic mass is 32.2. The third kappa shape index (κ3) is 5.19. The first-order chi connectivity index (χ1) is 9.24. The molecule has 0 aliphatic rings. The molecule has 0 aliphatic heterocycles. The molecule has 6 heteroatoms. The molecule has 0 aromatic heterocycles. The van der Waals surface area contributed by atoms with Crippen LogP contribution in [0.5, 0.6) is 5.75 Å². The number of carbonyl (C=O) groups is 1. The van der Waals surface area contributed by atoms with Gasteiger partial charge < -0.3 is 9.29 Å². The van der Waals surface area contributed by atoms with Crippen LogP contribution in [0.3, 0.4) is 0 Å². The lowest BCUT2D eigenvalue weighted by molar-refractivity contribution is -0.110. The Bertz CT molecular complexity index is 510. The third-order valence-electron chi connectivity index (χ3n) is 2.51. The van der Waals surface area contributed by atoms with E-state index in [4.69, 9.17) is 4.74 Å². The van der Waals surface area contributed by atoms with Crippen LogP contribution in [0.1, 0.15) is 31.9 Å². The molecule has 0 amide bonds. The molecule has 1 unspecified atom stereocenters. The summed E-state index contributed by atoms with van der Waals surface area (Å²) in [4.78, 5) is 11.1. The van der Waals surface area contributed by atoms with Crippen molar-refractivity contribution in [2.75, 3.05) is 7.11 Å². The van der Waals surface area contributed by atoms with Crippen LogP contribution < -0.4 is 4.74 Å². The molecule has 0 radical (unpaired) electrons. The number of hydrogen-bond donors (Lipinski definition) is 1. The number of carbonyl (C=O) groups excluding carboxylic acids is 1. The zero-order valence-corrected chi connectivity index (χ0v) is 13.8. The monoisotopic (exact) mass is 313 g/mol. The molecule has 0 fully saturated rings. The lowest BCUT2D eigenvalue weighted by Gasteiger charge is -2.17. The van der Waals surface area contributed by atoms with E-state index in [9.17, 15) is 9.35 Å². The van der Waals surface area contributed by atoms with Crippen molar-refractivity contribution in [3.8, 4) is 5.75 Å². The number of methoxy groups -OCH3 is 1. The van der Waals surface area contributed by atoms with Crippen LogP contribution in [0.2, 0.25) is 0 Å². The lowest BCUT2D eigenvalue weighted by Crippen LogP contribution is -2.25. The minimum Gasteiger partial charge on any atom is -0.591 e. The highest BCUT2D eigenvalue weighted by molar-refractivity contribution is 7.96. The van der Waals surface area contributed by atoms with E-state index in [-0.39, 0.29) is 11.5 Å². The SMILES string of the molecule is COc1ccc(CC(=O)S)c(/C=N\[S+]([O-])C(C)(C)C)c1. The van der Waals surface area contributed by atoms with Gasteiger partial charge in [0.1, 0.15) is 21.9 Å².